The Morgan fingerprint density at radius 2 is 1.57 bits per heavy atom. The van der Waals surface area contributed by atoms with Crippen LogP contribution >= 0.6 is 0 Å². The van der Waals surface area contributed by atoms with E-state index in [1.54, 1.807) is 0 Å². The van der Waals surface area contributed by atoms with Crippen LogP contribution in [0.25, 0.3) is 0 Å². The highest BCUT2D eigenvalue weighted by Gasteiger charge is 2.30. The minimum Gasteiger partial charge on any atom is -0.310 e. The van der Waals surface area contributed by atoms with Gasteiger partial charge < -0.3 is 10.2 Å². The zero-order valence-corrected chi connectivity index (χ0v) is 14.2. The van der Waals surface area contributed by atoms with Gasteiger partial charge >= 0.3 is 0 Å². The molecule has 0 amide bonds. The van der Waals surface area contributed by atoms with Crippen LogP contribution in [0.2, 0.25) is 0 Å². The fourth-order valence-electron chi connectivity index (χ4n) is 5.17. The van der Waals surface area contributed by atoms with Crippen LogP contribution in [0.1, 0.15) is 77.6 Å². The summed E-state index contributed by atoms with van der Waals surface area (Å²) in [5, 5.41) is 4.02. The minimum absolute atomic E-state index is 0.778. The maximum atomic E-state index is 4.02. The first-order chi connectivity index (χ1) is 10.3. The Morgan fingerprint density at radius 3 is 2.29 bits per heavy atom. The first-order valence-corrected chi connectivity index (χ1v) is 9.82. The molecule has 2 saturated carbocycles. The Bertz CT molecular complexity index is 266. The first kappa shape index (κ1) is 15.8. The Labute approximate surface area is 132 Å². The molecule has 0 aromatic heterocycles. The topological polar surface area (TPSA) is 15.3 Å². The van der Waals surface area contributed by atoms with E-state index >= 15 is 0 Å². The van der Waals surface area contributed by atoms with E-state index in [1.165, 1.54) is 90.3 Å². The van der Waals surface area contributed by atoms with Crippen molar-refractivity contribution >= 4 is 0 Å². The van der Waals surface area contributed by atoms with E-state index in [0.717, 1.165) is 23.9 Å². The fraction of sp³-hybridized carbons (Fsp3) is 1.00. The Hall–Kier alpha value is -0.0800. The van der Waals surface area contributed by atoms with Crippen molar-refractivity contribution in [2.45, 2.75) is 89.6 Å². The summed E-state index contributed by atoms with van der Waals surface area (Å²) in [6.45, 7) is 6.46. The van der Waals surface area contributed by atoms with E-state index in [-0.39, 0.29) is 0 Å². The molecule has 21 heavy (non-hydrogen) atoms. The van der Waals surface area contributed by atoms with Crippen LogP contribution in [0, 0.1) is 11.8 Å². The van der Waals surface area contributed by atoms with E-state index in [9.17, 15) is 0 Å². The molecule has 2 heteroatoms. The number of nitrogens with one attached hydrogen (secondary N) is 1. The maximum absolute atomic E-state index is 4.02. The number of nitrogens with zero attached hydrogens (tertiary/aromatic N) is 1. The van der Waals surface area contributed by atoms with Crippen LogP contribution in [0.4, 0.5) is 0 Å². The summed E-state index contributed by atoms with van der Waals surface area (Å²) >= 11 is 0. The number of hydrogen-bond acceptors (Lipinski definition) is 2. The Kier molecular flexibility index (Phi) is 5.99. The lowest BCUT2D eigenvalue weighted by molar-refractivity contribution is 0.113. The minimum atomic E-state index is 0.778. The molecule has 0 aromatic carbocycles. The second kappa shape index (κ2) is 7.97. The molecule has 2 unspecified atom stereocenters. The Balaban J connectivity index is 1.52. The quantitative estimate of drug-likeness (QED) is 0.789. The van der Waals surface area contributed by atoms with Gasteiger partial charge in [0.1, 0.15) is 0 Å². The first-order valence-electron chi connectivity index (χ1n) is 9.82. The van der Waals surface area contributed by atoms with Crippen molar-refractivity contribution in [1.29, 1.82) is 0 Å². The summed E-state index contributed by atoms with van der Waals surface area (Å²) in [7, 11) is 0. The van der Waals surface area contributed by atoms with Crippen molar-refractivity contribution in [3.63, 3.8) is 0 Å². The molecular weight excluding hydrogens is 256 g/mol. The highest BCUT2D eigenvalue weighted by Crippen LogP contribution is 2.29. The third kappa shape index (κ3) is 4.69. The summed E-state index contributed by atoms with van der Waals surface area (Å²) < 4.78 is 0. The third-order valence-corrected chi connectivity index (χ3v) is 6.13. The zero-order chi connectivity index (χ0) is 14.5. The van der Waals surface area contributed by atoms with Crippen LogP contribution in [0.3, 0.4) is 0 Å². The van der Waals surface area contributed by atoms with Crippen LogP contribution in [0.15, 0.2) is 0 Å². The summed E-state index contributed by atoms with van der Waals surface area (Å²) in [4.78, 5) is 2.83. The monoisotopic (exact) mass is 292 g/mol. The van der Waals surface area contributed by atoms with Gasteiger partial charge in [0.05, 0.1) is 0 Å². The molecule has 2 nitrogen and oxygen atoms in total. The molecular formula is C19H36N2. The van der Waals surface area contributed by atoms with Gasteiger partial charge in [-0.15, -0.1) is 0 Å². The van der Waals surface area contributed by atoms with Crippen molar-refractivity contribution in [3.05, 3.63) is 0 Å². The molecule has 0 bridgehead atoms. The smallest absolute Gasteiger partial charge is 0.0200 e. The lowest BCUT2D eigenvalue weighted by Crippen LogP contribution is -2.52. The van der Waals surface area contributed by atoms with E-state index in [0.29, 0.717) is 0 Å². The van der Waals surface area contributed by atoms with Gasteiger partial charge in [0.15, 0.2) is 0 Å². The van der Waals surface area contributed by atoms with E-state index in [4.69, 9.17) is 0 Å². The number of likely N-dealkylation sites (tertiary alicyclic amines) is 1. The highest BCUT2D eigenvalue weighted by atomic mass is 15.2. The van der Waals surface area contributed by atoms with E-state index in [1.807, 2.05) is 0 Å². The van der Waals surface area contributed by atoms with Gasteiger partial charge in [-0.2, -0.15) is 0 Å². The average molecular weight is 293 g/mol. The summed E-state index contributed by atoms with van der Waals surface area (Å²) in [6, 6.07) is 1.61. The SMILES string of the molecule is CCCC1CC(NC2CCCC2)CN(CC2CCCC2)C1. The number of rotatable bonds is 6. The molecule has 0 radical (unpaired) electrons. The predicted octanol–water partition coefficient (Wildman–Crippen LogP) is 4.20. The molecule has 1 heterocycles. The molecule has 122 valence electrons. The molecule has 0 aromatic rings. The summed E-state index contributed by atoms with van der Waals surface area (Å²) in [5.74, 6) is 1.96. The van der Waals surface area contributed by atoms with Gasteiger partial charge in [0.2, 0.25) is 0 Å². The van der Waals surface area contributed by atoms with Gasteiger partial charge in [-0.05, 0) is 50.4 Å². The molecule has 2 atom stereocenters. The standard InChI is InChI=1S/C19H36N2/c1-2-7-17-12-19(20-18-10-5-6-11-18)15-21(14-17)13-16-8-3-4-9-16/h16-20H,2-15H2,1H3. The summed E-state index contributed by atoms with van der Waals surface area (Å²) in [6.07, 6.45) is 16.0. The van der Waals surface area contributed by atoms with Crippen molar-refractivity contribution in [2.75, 3.05) is 19.6 Å². The third-order valence-electron chi connectivity index (χ3n) is 6.13. The van der Waals surface area contributed by atoms with E-state index in [2.05, 4.69) is 17.1 Å². The van der Waals surface area contributed by atoms with Crippen LogP contribution in [-0.4, -0.2) is 36.6 Å². The van der Waals surface area contributed by atoms with Crippen molar-refractivity contribution in [1.82, 2.24) is 10.2 Å². The fourth-order valence-corrected chi connectivity index (χ4v) is 5.17. The number of hydrogen-bond donors (Lipinski definition) is 1. The van der Waals surface area contributed by atoms with Crippen molar-refractivity contribution in [2.24, 2.45) is 11.8 Å². The molecule has 1 aliphatic heterocycles. The van der Waals surface area contributed by atoms with Crippen molar-refractivity contribution in [3.8, 4) is 0 Å². The van der Waals surface area contributed by atoms with Crippen LogP contribution in [-0.2, 0) is 0 Å². The second-order valence-electron chi connectivity index (χ2n) is 8.10. The highest BCUT2D eigenvalue weighted by molar-refractivity contribution is 4.88. The molecule has 3 aliphatic rings. The van der Waals surface area contributed by atoms with Gasteiger partial charge in [0.25, 0.3) is 0 Å². The molecule has 3 rings (SSSR count). The molecule has 1 saturated heterocycles. The molecule has 1 N–H and O–H groups in total. The van der Waals surface area contributed by atoms with Gasteiger partial charge in [-0.1, -0.05) is 39.0 Å². The normalized spacial score (nSPS) is 33.0. The van der Waals surface area contributed by atoms with Gasteiger partial charge in [0, 0.05) is 31.7 Å². The molecule has 2 aliphatic carbocycles. The maximum Gasteiger partial charge on any atom is 0.0200 e. The van der Waals surface area contributed by atoms with Gasteiger partial charge in [-0.3, -0.25) is 0 Å². The lowest BCUT2D eigenvalue weighted by Gasteiger charge is -2.40. The Morgan fingerprint density at radius 1 is 0.857 bits per heavy atom. The summed E-state index contributed by atoms with van der Waals surface area (Å²) in [5.41, 5.74) is 0. The van der Waals surface area contributed by atoms with Crippen molar-refractivity contribution < 1.29 is 0 Å². The van der Waals surface area contributed by atoms with E-state index < -0.39 is 0 Å². The van der Waals surface area contributed by atoms with Gasteiger partial charge in [-0.25, -0.2) is 0 Å². The lowest BCUT2D eigenvalue weighted by atomic mass is 9.89. The molecule has 0 spiro atoms. The van der Waals surface area contributed by atoms with Crippen LogP contribution < -0.4 is 5.32 Å². The zero-order valence-electron chi connectivity index (χ0n) is 14.2. The van der Waals surface area contributed by atoms with Crippen LogP contribution in [0.5, 0.6) is 0 Å². The predicted molar refractivity (Wildman–Crippen MR) is 90.6 cm³/mol. The second-order valence-corrected chi connectivity index (χ2v) is 8.10. The average Bonchev–Trinajstić information content (AvgIpc) is 3.12. The largest absolute Gasteiger partial charge is 0.310 e. The number of piperidine rings is 1. The molecule has 3 fully saturated rings.